The van der Waals surface area contributed by atoms with Crippen LogP contribution in [-0.2, 0) is 16.1 Å². The van der Waals surface area contributed by atoms with Gasteiger partial charge < -0.3 is 15.2 Å². The van der Waals surface area contributed by atoms with Crippen molar-refractivity contribution in [3.8, 4) is 0 Å². The molecule has 0 bridgehead atoms. The first kappa shape index (κ1) is 13.7. The number of carbonyl (C=O) groups is 1. The second-order valence-electron chi connectivity index (χ2n) is 4.11. The first-order chi connectivity index (χ1) is 8.06. The van der Waals surface area contributed by atoms with E-state index in [0.717, 1.165) is 16.8 Å². The number of ether oxygens (including phenoxy) is 1. The van der Waals surface area contributed by atoms with E-state index in [9.17, 15) is 4.79 Å². The Morgan fingerprint density at radius 3 is 2.82 bits per heavy atom. The molecule has 1 amide bonds. The molecule has 1 rings (SSSR count). The van der Waals surface area contributed by atoms with Crippen molar-refractivity contribution in [3.63, 3.8) is 0 Å². The molecule has 4 nitrogen and oxygen atoms in total. The highest BCUT2D eigenvalue weighted by molar-refractivity contribution is 5.91. The number of amides is 1. The van der Waals surface area contributed by atoms with E-state index in [-0.39, 0.29) is 18.6 Å². The lowest BCUT2D eigenvalue weighted by Crippen LogP contribution is -2.19. The van der Waals surface area contributed by atoms with Crippen LogP contribution in [0.5, 0.6) is 0 Å². The number of rotatable bonds is 5. The molecule has 0 fully saturated rings. The lowest BCUT2D eigenvalue weighted by Gasteiger charge is -2.12. The standard InChI is InChI=1S/C13H19NO3/c1-9-4-5-11(8-15)7-12(9)14-13(16)6-10(2)17-3/h4-5,7,10,15H,6,8H2,1-3H3,(H,14,16). The molecule has 0 saturated heterocycles. The number of aliphatic hydroxyl groups is 1. The van der Waals surface area contributed by atoms with Gasteiger partial charge in [0.2, 0.25) is 5.91 Å². The SMILES string of the molecule is COC(C)CC(=O)Nc1cc(CO)ccc1C. The number of hydrogen-bond donors (Lipinski definition) is 2. The summed E-state index contributed by atoms with van der Waals surface area (Å²) in [6.45, 7) is 3.73. The average Bonchev–Trinajstić information content (AvgIpc) is 2.31. The molecule has 17 heavy (non-hydrogen) atoms. The van der Waals surface area contributed by atoms with Crippen LogP contribution in [0.1, 0.15) is 24.5 Å². The van der Waals surface area contributed by atoms with Crippen LogP contribution in [0.25, 0.3) is 0 Å². The van der Waals surface area contributed by atoms with E-state index in [1.807, 2.05) is 26.0 Å². The second kappa shape index (κ2) is 6.37. The Balaban J connectivity index is 2.70. The highest BCUT2D eigenvalue weighted by atomic mass is 16.5. The third-order valence-corrected chi connectivity index (χ3v) is 2.63. The fraction of sp³-hybridized carbons (Fsp3) is 0.462. The third-order valence-electron chi connectivity index (χ3n) is 2.63. The van der Waals surface area contributed by atoms with Crippen molar-refractivity contribution in [2.75, 3.05) is 12.4 Å². The number of aryl methyl sites for hydroxylation is 1. The summed E-state index contributed by atoms with van der Waals surface area (Å²) in [5.41, 5.74) is 2.50. The molecule has 94 valence electrons. The maximum absolute atomic E-state index is 11.7. The number of hydrogen-bond acceptors (Lipinski definition) is 3. The fourth-order valence-corrected chi connectivity index (χ4v) is 1.45. The summed E-state index contributed by atoms with van der Waals surface area (Å²) in [5.74, 6) is -0.0856. The van der Waals surface area contributed by atoms with Crippen molar-refractivity contribution in [1.29, 1.82) is 0 Å². The van der Waals surface area contributed by atoms with Gasteiger partial charge in [0, 0.05) is 12.8 Å². The molecule has 0 aliphatic heterocycles. The Labute approximate surface area is 102 Å². The average molecular weight is 237 g/mol. The summed E-state index contributed by atoms with van der Waals surface area (Å²) in [6.07, 6.45) is 0.218. The number of aliphatic hydroxyl groups excluding tert-OH is 1. The molecule has 2 N–H and O–H groups in total. The molecule has 0 radical (unpaired) electrons. The van der Waals surface area contributed by atoms with Crippen molar-refractivity contribution < 1.29 is 14.6 Å². The quantitative estimate of drug-likeness (QED) is 0.821. The molecule has 4 heteroatoms. The van der Waals surface area contributed by atoms with E-state index in [4.69, 9.17) is 9.84 Å². The summed E-state index contributed by atoms with van der Waals surface area (Å²) in [7, 11) is 1.58. The van der Waals surface area contributed by atoms with Gasteiger partial charge in [0.25, 0.3) is 0 Å². The van der Waals surface area contributed by atoms with Gasteiger partial charge in [-0.25, -0.2) is 0 Å². The van der Waals surface area contributed by atoms with Crippen molar-refractivity contribution in [3.05, 3.63) is 29.3 Å². The first-order valence-electron chi connectivity index (χ1n) is 5.60. The number of carbonyl (C=O) groups excluding carboxylic acids is 1. The van der Waals surface area contributed by atoms with Crippen LogP contribution >= 0.6 is 0 Å². The molecule has 0 saturated carbocycles. The van der Waals surface area contributed by atoms with Gasteiger partial charge >= 0.3 is 0 Å². The Hall–Kier alpha value is -1.39. The summed E-state index contributed by atoms with van der Waals surface area (Å²) >= 11 is 0. The van der Waals surface area contributed by atoms with Gasteiger partial charge in [-0.3, -0.25) is 4.79 Å². The molecular weight excluding hydrogens is 218 g/mol. The first-order valence-corrected chi connectivity index (χ1v) is 5.60. The summed E-state index contributed by atoms with van der Waals surface area (Å²) in [6, 6.07) is 5.49. The van der Waals surface area contributed by atoms with E-state index < -0.39 is 0 Å². The Bertz CT molecular complexity index is 390. The molecule has 0 aromatic heterocycles. The van der Waals surface area contributed by atoms with Gasteiger partial charge in [-0.1, -0.05) is 12.1 Å². The van der Waals surface area contributed by atoms with Crippen LogP contribution in [0.2, 0.25) is 0 Å². The molecule has 1 unspecified atom stereocenters. The normalized spacial score (nSPS) is 12.2. The van der Waals surface area contributed by atoms with E-state index in [0.29, 0.717) is 6.42 Å². The maximum Gasteiger partial charge on any atom is 0.226 e. The van der Waals surface area contributed by atoms with Crippen molar-refractivity contribution in [2.24, 2.45) is 0 Å². The Morgan fingerprint density at radius 2 is 2.24 bits per heavy atom. The topological polar surface area (TPSA) is 58.6 Å². The smallest absolute Gasteiger partial charge is 0.226 e. The molecule has 0 aliphatic rings. The maximum atomic E-state index is 11.7. The summed E-state index contributed by atoms with van der Waals surface area (Å²) < 4.78 is 5.03. The minimum Gasteiger partial charge on any atom is -0.392 e. The van der Waals surface area contributed by atoms with Crippen molar-refractivity contribution in [2.45, 2.75) is 33.0 Å². The monoisotopic (exact) mass is 237 g/mol. The van der Waals surface area contributed by atoms with Crippen LogP contribution in [0, 0.1) is 6.92 Å². The Morgan fingerprint density at radius 1 is 1.53 bits per heavy atom. The predicted octanol–water partition coefficient (Wildman–Crippen LogP) is 1.85. The van der Waals surface area contributed by atoms with E-state index >= 15 is 0 Å². The van der Waals surface area contributed by atoms with Crippen molar-refractivity contribution in [1.82, 2.24) is 0 Å². The van der Waals surface area contributed by atoms with Crippen LogP contribution in [0.15, 0.2) is 18.2 Å². The number of nitrogens with one attached hydrogen (secondary N) is 1. The van der Waals surface area contributed by atoms with E-state index in [2.05, 4.69) is 5.32 Å². The predicted molar refractivity (Wildman–Crippen MR) is 66.8 cm³/mol. The lowest BCUT2D eigenvalue weighted by molar-refractivity contribution is -0.118. The van der Waals surface area contributed by atoms with E-state index in [1.54, 1.807) is 13.2 Å². The van der Waals surface area contributed by atoms with Crippen LogP contribution in [-0.4, -0.2) is 24.2 Å². The zero-order chi connectivity index (χ0) is 12.8. The largest absolute Gasteiger partial charge is 0.392 e. The highest BCUT2D eigenvalue weighted by Gasteiger charge is 2.09. The van der Waals surface area contributed by atoms with Crippen LogP contribution < -0.4 is 5.32 Å². The molecule has 0 spiro atoms. The number of benzene rings is 1. The highest BCUT2D eigenvalue weighted by Crippen LogP contribution is 2.17. The molecule has 0 heterocycles. The zero-order valence-corrected chi connectivity index (χ0v) is 10.5. The molecule has 1 atom stereocenters. The van der Waals surface area contributed by atoms with Crippen molar-refractivity contribution >= 4 is 11.6 Å². The van der Waals surface area contributed by atoms with Gasteiger partial charge in [0.1, 0.15) is 0 Å². The van der Waals surface area contributed by atoms with Gasteiger partial charge in [-0.2, -0.15) is 0 Å². The molecular formula is C13H19NO3. The fourth-order valence-electron chi connectivity index (χ4n) is 1.45. The van der Waals surface area contributed by atoms with E-state index in [1.165, 1.54) is 0 Å². The number of anilines is 1. The van der Waals surface area contributed by atoms with Crippen LogP contribution in [0.3, 0.4) is 0 Å². The Kier molecular flexibility index (Phi) is 5.12. The van der Waals surface area contributed by atoms with Gasteiger partial charge in [0.05, 0.1) is 19.1 Å². The van der Waals surface area contributed by atoms with Crippen LogP contribution in [0.4, 0.5) is 5.69 Å². The summed E-state index contributed by atoms with van der Waals surface area (Å²) in [4.78, 5) is 11.7. The number of methoxy groups -OCH3 is 1. The van der Waals surface area contributed by atoms with Gasteiger partial charge in [-0.15, -0.1) is 0 Å². The van der Waals surface area contributed by atoms with Gasteiger partial charge in [0.15, 0.2) is 0 Å². The lowest BCUT2D eigenvalue weighted by atomic mass is 10.1. The second-order valence-corrected chi connectivity index (χ2v) is 4.11. The third kappa shape index (κ3) is 4.17. The molecule has 1 aromatic rings. The molecule has 0 aliphatic carbocycles. The summed E-state index contributed by atoms with van der Waals surface area (Å²) in [5, 5.41) is 11.9. The minimum atomic E-state index is -0.101. The minimum absolute atomic E-state index is 0.0301. The molecule has 1 aromatic carbocycles. The zero-order valence-electron chi connectivity index (χ0n) is 10.5. The van der Waals surface area contributed by atoms with Gasteiger partial charge in [-0.05, 0) is 31.0 Å².